The first-order chi connectivity index (χ1) is 9.74. The molecule has 1 aromatic carbocycles. The summed E-state index contributed by atoms with van der Waals surface area (Å²) in [6.45, 7) is 2.38. The van der Waals surface area contributed by atoms with Gasteiger partial charge in [0.15, 0.2) is 0 Å². The van der Waals surface area contributed by atoms with Crippen LogP contribution in [0.1, 0.15) is 11.4 Å². The van der Waals surface area contributed by atoms with Gasteiger partial charge in [0, 0.05) is 29.2 Å². The minimum absolute atomic E-state index is 0.210. The van der Waals surface area contributed by atoms with E-state index in [0.717, 1.165) is 22.2 Å². The lowest BCUT2D eigenvalue weighted by Crippen LogP contribution is -2.03. The smallest absolute Gasteiger partial charge is 0.138 e. The summed E-state index contributed by atoms with van der Waals surface area (Å²) < 4.78 is 0. The average Bonchev–Trinajstić information content (AvgIpc) is 2.48. The van der Waals surface area contributed by atoms with E-state index in [4.69, 9.17) is 0 Å². The van der Waals surface area contributed by atoms with E-state index in [1.807, 2.05) is 37.4 Å². The lowest BCUT2D eigenvalue weighted by molar-refractivity contribution is 0.464. The quantitative estimate of drug-likeness (QED) is 0.763. The van der Waals surface area contributed by atoms with E-state index in [1.165, 1.54) is 0 Å². The fourth-order valence-electron chi connectivity index (χ4n) is 2.18. The Bertz CT molecular complexity index is 750. The highest BCUT2D eigenvalue weighted by molar-refractivity contribution is 5.93. The van der Waals surface area contributed by atoms with Crippen LogP contribution in [0.2, 0.25) is 0 Å². The standard InChI is InChI=1S/C16H15N3O/c1-11-5-6-16(20)15(19-11)10-18-14-4-2-3-12-7-8-17-9-13(12)14/h2-9,18,20H,10H2,1H3. The Morgan fingerprint density at radius 1 is 1.15 bits per heavy atom. The van der Waals surface area contributed by atoms with Crippen LogP contribution in [0, 0.1) is 6.92 Å². The Morgan fingerprint density at radius 3 is 2.95 bits per heavy atom. The molecule has 0 bridgehead atoms. The van der Waals surface area contributed by atoms with Crippen molar-refractivity contribution in [1.29, 1.82) is 0 Å². The van der Waals surface area contributed by atoms with E-state index in [1.54, 1.807) is 18.3 Å². The van der Waals surface area contributed by atoms with Crippen molar-refractivity contribution in [2.75, 3.05) is 5.32 Å². The van der Waals surface area contributed by atoms with E-state index in [-0.39, 0.29) is 5.75 Å². The van der Waals surface area contributed by atoms with Gasteiger partial charge in [-0.25, -0.2) is 0 Å². The second kappa shape index (κ2) is 5.17. The Morgan fingerprint density at radius 2 is 2.05 bits per heavy atom. The number of hydrogen-bond acceptors (Lipinski definition) is 4. The number of anilines is 1. The molecule has 0 atom stereocenters. The molecule has 0 unspecified atom stereocenters. The molecule has 0 saturated heterocycles. The fraction of sp³-hybridized carbons (Fsp3) is 0.125. The molecule has 100 valence electrons. The fourth-order valence-corrected chi connectivity index (χ4v) is 2.18. The Balaban J connectivity index is 1.89. The van der Waals surface area contributed by atoms with Gasteiger partial charge in [0.1, 0.15) is 11.4 Å². The number of aryl methyl sites for hydroxylation is 1. The highest BCUT2D eigenvalue weighted by atomic mass is 16.3. The molecule has 0 fully saturated rings. The van der Waals surface area contributed by atoms with Crippen molar-refractivity contribution in [3.63, 3.8) is 0 Å². The summed E-state index contributed by atoms with van der Waals surface area (Å²) in [5.41, 5.74) is 2.52. The van der Waals surface area contributed by atoms with Crippen LogP contribution in [0.3, 0.4) is 0 Å². The molecule has 3 rings (SSSR count). The molecule has 3 aromatic rings. The Kier molecular flexibility index (Phi) is 3.21. The molecule has 0 amide bonds. The van der Waals surface area contributed by atoms with Crippen LogP contribution in [-0.2, 0) is 6.54 Å². The van der Waals surface area contributed by atoms with Crippen LogP contribution < -0.4 is 5.32 Å². The van der Waals surface area contributed by atoms with Crippen LogP contribution in [-0.4, -0.2) is 15.1 Å². The van der Waals surface area contributed by atoms with Gasteiger partial charge >= 0.3 is 0 Å². The topological polar surface area (TPSA) is 58.0 Å². The van der Waals surface area contributed by atoms with Crippen LogP contribution in [0.15, 0.2) is 48.8 Å². The molecule has 2 aromatic heterocycles. The van der Waals surface area contributed by atoms with Crippen LogP contribution >= 0.6 is 0 Å². The van der Waals surface area contributed by atoms with E-state index in [9.17, 15) is 5.11 Å². The zero-order valence-electron chi connectivity index (χ0n) is 11.2. The van der Waals surface area contributed by atoms with Gasteiger partial charge in [-0.1, -0.05) is 12.1 Å². The highest BCUT2D eigenvalue weighted by Crippen LogP contribution is 2.23. The van der Waals surface area contributed by atoms with E-state index in [2.05, 4.69) is 15.3 Å². The molecule has 0 spiro atoms. The van der Waals surface area contributed by atoms with Crippen molar-refractivity contribution in [3.8, 4) is 5.75 Å². The van der Waals surface area contributed by atoms with Crippen molar-refractivity contribution in [2.24, 2.45) is 0 Å². The third kappa shape index (κ3) is 2.40. The third-order valence-corrected chi connectivity index (χ3v) is 3.22. The van der Waals surface area contributed by atoms with Gasteiger partial charge < -0.3 is 10.4 Å². The molecule has 20 heavy (non-hydrogen) atoms. The van der Waals surface area contributed by atoms with E-state index >= 15 is 0 Å². The van der Waals surface area contributed by atoms with Gasteiger partial charge in [0.2, 0.25) is 0 Å². The molecular formula is C16H15N3O. The zero-order chi connectivity index (χ0) is 13.9. The monoisotopic (exact) mass is 265 g/mol. The maximum Gasteiger partial charge on any atom is 0.138 e. The van der Waals surface area contributed by atoms with Crippen LogP contribution in [0.4, 0.5) is 5.69 Å². The lowest BCUT2D eigenvalue weighted by atomic mass is 10.1. The number of pyridine rings is 2. The first kappa shape index (κ1) is 12.4. The largest absolute Gasteiger partial charge is 0.506 e. The number of fused-ring (bicyclic) bond motifs is 1. The number of benzene rings is 1. The molecule has 0 saturated carbocycles. The summed E-state index contributed by atoms with van der Waals surface area (Å²) in [4.78, 5) is 8.49. The number of nitrogens with one attached hydrogen (secondary N) is 1. The molecule has 0 radical (unpaired) electrons. The molecule has 0 aliphatic heterocycles. The summed E-state index contributed by atoms with van der Waals surface area (Å²) in [6.07, 6.45) is 3.61. The number of hydrogen-bond donors (Lipinski definition) is 2. The normalized spacial score (nSPS) is 10.7. The van der Waals surface area contributed by atoms with Crippen molar-refractivity contribution in [3.05, 3.63) is 60.2 Å². The van der Waals surface area contributed by atoms with Gasteiger partial charge in [0.05, 0.1) is 6.54 Å². The van der Waals surface area contributed by atoms with Crippen LogP contribution in [0.5, 0.6) is 5.75 Å². The lowest BCUT2D eigenvalue weighted by Gasteiger charge is -2.10. The first-order valence-electron chi connectivity index (χ1n) is 6.46. The Labute approximate surface area is 117 Å². The van der Waals surface area contributed by atoms with Gasteiger partial charge in [-0.3, -0.25) is 9.97 Å². The summed E-state index contributed by atoms with van der Waals surface area (Å²) in [5.74, 6) is 0.210. The van der Waals surface area contributed by atoms with Crippen molar-refractivity contribution in [2.45, 2.75) is 13.5 Å². The predicted molar refractivity (Wildman–Crippen MR) is 79.7 cm³/mol. The number of rotatable bonds is 3. The minimum Gasteiger partial charge on any atom is -0.506 e. The highest BCUT2D eigenvalue weighted by Gasteiger charge is 2.05. The second-order valence-corrected chi connectivity index (χ2v) is 4.67. The van der Waals surface area contributed by atoms with Crippen molar-refractivity contribution >= 4 is 16.5 Å². The number of nitrogens with zero attached hydrogens (tertiary/aromatic N) is 2. The number of aromatic nitrogens is 2. The molecule has 0 aliphatic carbocycles. The molecule has 0 aliphatic rings. The van der Waals surface area contributed by atoms with E-state index < -0.39 is 0 Å². The average molecular weight is 265 g/mol. The zero-order valence-corrected chi connectivity index (χ0v) is 11.2. The third-order valence-electron chi connectivity index (χ3n) is 3.22. The second-order valence-electron chi connectivity index (χ2n) is 4.67. The minimum atomic E-state index is 0.210. The molecule has 4 nitrogen and oxygen atoms in total. The van der Waals surface area contributed by atoms with Crippen LogP contribution in [0.25, 0.3) is 10.8 Å². The molecule has 2 heterocycles. The van der Waals surface area contributed by atoms with E-state index in [0.29, 0.717) is 12.2 Å². The van der Waals surface area contributed by atoms with Gasteiger partial charge in [0.25, 0.3) is 0 Å². The summed E-state index contributed by atoms with van der Waals surface area (Å²) in [5, 5.41) is 15.3. The Hall–Kier alpha value is -2.62. The summed E-state index contributed by atoms with van der Waals surface area (Å²) in [7, 11) is 0. The van der Waals surface area contributed by atoms with Crippen molar-refractivity contribution in [1.82, 2.24) is 9.97 Å². The van der Waals surface area contributed by atoms with Gasteiger partial charge in [-0.15, -0.1) is 0 Å². The first-order valence-corrected chi connectivity index (χ1v) is 6.46. The molecule has 2 N–H and O–H groups in total. The van der Waals surface area contributed by atoms with Gasteiger partial charge in [-0.2, -0.15) is 0 Å². The van der Waals surface area contributed by atoms with Gasteiger partial charge in [-0.05, 0) is 36.6 Å². The number of aromatic hydroxyl groups is 1. The van der Waals surface area contributed by atoms with Crippen molar-refractivity contribution < 1.29 is 5.11 Å². The summed E-state index contributed by atoms with van der Waals surface area (Å²) in [6, 6.07) is 11.5. The maximum absolute atomic E-state index is 9.81. The maximum atomic E-state index is 9.81. The predicted octanol–water partition coefficient (Wildman–Crippen LogP) is 3.26. The SMILES string of the molecule is Cc1ccc(O)c(CNc2cccc3ccncc23)n1. The molecular weight excluding hydrogens is 250 g/mol. The summed E-state index contributed by atoms with van der Waals surface area (Å²) >= 11 is 0. The molecule has 4 heteroatoms.